The Bertz CT molecular complexity index is 842. The third-order valence-corrected chi connectivity index (χ3v) is 6.26. The number of anilines is 1. The Hall–Kier alpha value is -1.55. The molecule has 0 aliphatic carbocycles. The molecule has 0 unspecified atom stereocenters. The van der Waals surface area contributed by atoms with Gasteiger partial charge in [0.15, 0.2) is 0 Å². The number of piperidine rings is 1. The first kappa shape index (κ1) is 21.2. The number of halogens is 2. The highest BCUT2D eigenvalue weighted by Crippen LogP contribution is 2.29. The predicted molar refractivity (Wildman–Crippen MR) is 118 cm³/mol. The molecule has 0 atom stereocenters. The number of aryl methyl sites for hydroxylation is 1. The van der Waals surface area contributed by atoms with E-state index >= 15 is 0 Å². The van der Waals surface area contributed by atoms with Gasteiger partial charge >= 0.3 is 0 Å². The molecular formula is C23H28Cl2N2O. The van der Waals surface area contributed by atoms with Crippen molar-refractivity contribution < 1.29 is 4.79 Å². The summed E-state index contributed by atoms with van der Waals surface area (Å²) in [6.07, 6.45) is 1.74. The van der Waals surface area contributed by atoms with Crippen molar-refractivity contribution in [3.05, 3.63) is 63.1 Å². The first-order chi connectivity index (χ1) is 13.3. The van der Waals surface area contributed by atoms with E-state index in [2.05, 4.69) is 49.2 Å². The maximum atomic E-state index is 12.9. The molecular weight excluding hydrogens is 391 g/mol. The summed E-state index contributed by atoms with van der Waals surface area (Å²) < 4.78 is 0. The lowest BCUT2D eigenvalue weighted by molar-refractivity contribution is -0.121. The van der Waals surface area contributed by atoms with Crippen LogP contribution in [0.5, 0.6) is 0 Å². The third kappa shape index (κ3) is 5.08. The van der Waals surface area contributed by atoms with Crippen LogP contribution in [0.3, 0.4) is 0 Å². The van der Waals surface area contributed by atoms with Gasteiger partial charge in [0.05, 0.1) is 10.0 Å². The van der Waals surface area contributed by atoms with Crippen LogP contribution >= 0.6 is 23.2 Å². The van der Waals surface area contributed by atoms with Gasteiger partial charge in [-0.25, -0.2) is 0 Å². The van der Waals surface area contributed by atoms with E-state index in [0.717, 1.165) is 49.3 Å². The number of nitrogens with one attached hydrogen (secondary N) is 1. The summed E-state index contributed by atoms with van der Waals surface area (Å²) in [7, 11) is 0. The number of carbonyl (C=O) groups is 1. The maximum Gasteiger partial charge on any atom is 0.227 e. The minimum absolute atomic E-state index is 0.0599. The molecule has 1 aliphatic heterocycles. The minimum atomic E-state index is 0.0599. The lowest BCUT2D eigenvalue weighted by atomic mass is 9.94. The Balaban J connectivity index is 1.58. The molecule has 2 aromatic rings. The SMILES string of the molecule is Cc1cccc(C(C)C)c1NC(=O)C1CCN(Cc2ccc(Cl)c(Cl)c2)CC1. The topological polar surface area (TPSA) is 32.3 Å². The van der Waals surface area contributed by atoms with E-state index in [1.807, 2.05) is 18.2 Å². The second-order valence-electron chi connectivity index (χ2n) is 7.98. The zero-order chi connectivity index (χ0) is 20.3. The quantitative estimate of drug-likeness (QED) is 0.619. The molecule has 1 fully saturated rings. The molecule has 5 heteroatoms. The maximum absolute atomic E-state index is 12.9. The summed E-state index contributed by atoms with van der Waals surface area (Å²) in [6.45, 7) is 9.02. The molecule has 0 bridgehead atoms. The highest BCUT2D eigenvalue weighted by atomic mass is 35.5. The average molecular weight is 419 g/mol. The lowest BCUT2D eigenvalue weighted by Gasteiger charge is -2.31. The number of nitrogens with zero attached hydrogens (tertiary/aromatic N) is 1. The van der Waals surface area contributed by atoms with Gasteiger partial charge in [0.25, 0.3) is 0 Å². The molecule has 3 nitrogen and oxygen atoms in total. The monoisotopic (exact) mass is 418 g/mol. The van der Waals surface area contributed by atoms with Crippen molar-refractivity contribution in [1.82, 2.24) is 4.90 Å². The van der Waals surface area contributed by atoms with Gasteiger partial charge in [-0.1, -0.05) is 61.3 Å². The first-order valence-corrected chi connectivity index (χ1v) is 10.7. The standard InChI is InChI=1S/C23H28Cl2N2O/c1-15(2)19-6-4-5-16(3)22(19)26-23(28)18-9-11-27(12-10-18)14-17-7-8-20(24)21(25)13-17/h4-8,13,15,18H,9-12,14H2,1-3H3,(H,26,28). The molecule has 150 valence electrons. The van der Waals surface area contributed by atoms with Crippen molar-refractivity contribution >= 4 is 34.8 Å². The largest absolute Gasteiger partial charge is 0.325 e. The van der Waals surface area contributed by atoms with Crippen molar-refractivity contribution in [3.8, 4) is 0 Å². The fourth-order valence-electron chi connectivity index (χ4n) is 3.82. The van der Waals surface area contributed by atoms with Crippen LogP contribution in [-0.2, 0) is 11.3 Å². The summed E-state index contributed by atoms with van der Waals surface area (Å²) in [4.78, 5) is 15.3. The predicted octanol–water partition coefficient (Wildman–Crippen LogP) is 6.28. The van der Waals surface area contributed by atoms with E-state index in [-0.39, 0.29) is 11.8 Å². The zero-order valence-corrected chi connectivity index (χ0v) is 18.3. The molecule has 0 aromatic heterocycles. The molecule has 1 heterocycles. The molecule has 1 N–H and O–H groups in total. The number of likely N-dealkylation sites (tertiary alicyclic amines) is 1. The molecule has 1 aliphatic rings. The molecule has 1 saturated heterocycles. The number of carbonyl (C=O) groups excluding carboxylic acids is 1. The van der Waals surface area contributed by atoms with Gasteiger partial charge in [0, 0.05) is 18.2 Å². The Kier molecular flexibility index (Phi) is 7.03. The normalized spacial score (nSPS) is 15.8. The Morgan fingerprint density at radius 3 is 2.50 bits per heavy atom. The van der Waals surface area contributed by atoms with E-state index in [1.165, 1.54) is 5.56 Å². The van der Waals surface area contributed by atoms with Crippen molar-refractivity contribution in [2.24, 2.45) is 5.92 Å². The average Bonchev–Trinajstić information content (AvgIpc) is 2.66. The molecule has 3 rings (SSSR count). The van der Waals surface area contributed by atoms with E-state index in [4.69, 9.17) is 23.2 Å². The fraction of sp³-hybridized carbons (Fsp3) is 0.435. The van der Waals surface area contributed by atoms with Gasteiger partial charge in [-0.2, -0.15) is 0 Å². The Labute approximate surface area is 178 Å². The number of benzene rings is 2. The van der Waals surface area contributed by atoms with Gasteiger partial charge < -0.3 is 5.32 Å². The molecule has 28 heavy (non-hydrogen) atoms. The summed E-state index contributed by atoms with van der Waals surface area (Å²) >= 11 is 12.1. The van der Waals surface area contributed by atoms with Crippen LogP contribution in [0.1, 0.15) is 49.3 Å². The van der Waals surface area contributed by atoms with Gasteiger partial charge in [0.2, 0.25) is 5.91 Å². The molecule has 0 spiro atoms. The van der Waals surface area contributed by atoms with Crippen molar-refractivity contribution in [2.75, 3.05) is 18.4 Å². The van der Waals surface area contributed by atoms with Gasteiger partial charge in [-0.05, 0) is 67.6 Å². The number of amides is 1. The second kappa shape index (κ2) is 9.30. The van der Waals surface area contributed by atoms with Crippen LogP contribution in [0, 0.1) is 12.8 Å². The molecule has 2 aromatic carbocycles. The molecule has 0 radical (unpaired) electrons. The fourth-order valence-corrected chi connectivity index (χ4v) is 4.14. The Morgan fingerprint density at radius 2 is 1.86 bits per heavy atom. The van der Waals surface area contributed by atoms with Gasteiger partial charge in [0.1, 0.15) is 0 Å². The van der Waals surface area contributed by atoms with E-state index < -0.39 is 0 Å². The van der Waals surface area contributed by atoms with Crippen LogP contribution < -0.4 is 5.32 Å². The lowest BCUT2D eigenvalue weighted by Crippen LogP contribution is -2.38. The van der Waals surface area contributed by atoms with Gasteiger partial charge in [-0.15, -0.1) is 0 Å². The summed E-state index contributed by atoms with van der Waals surface area (Å²) in [5, 5.41) is 4.39. The van der Waals surface area contributed by atoms with Crippen LogP contribution in [-0.4, -0.2) is 23.9 Å². The first-order valence-electron chi connectivity index (χ1n) is 9.91. The van der Waals surface area contributed by atoms with Crippen LogP contribution in [0.25, 0.3) is 0 Å². The summed E-state index contributed by atoms with van der Waals surface area (Å²) in [5.74, 6) is 0.582. The zero-order valence-electron chi connectivity index (χ0n) is 16.8. The van der Waals surface area contributed by atoms with Crippen molar-refractivity contribution in [3.63, 3.8) is 0 Å². The van der Waals surface area contributed by atoms with E-state index in [1.54, 1.807) is 0 Å². The van der Waals surface area contributed by atoms with Gasteiger partial charge in [-0.3, -0.25) is 9.69 Å². The highest BCUT2D eigenvalue weighted by Gasteiger charge is 2.26. The smallest absolute Gasteiger partial charge is 0.227 e. The molecule has 1 amide bonds. The minimum Gasteiger partial charge on any atom is -0.325 e. The van der Waals surface area contributed by atoms with Crippen LogP contribution in [0.2, 0.25) is 10.0 Å². The van der Waals surface area contributed by atoms with Crippen LogP contribution in [0.15, 0.2) is 36.4 Å². The number of para-hydroxylation sites is 1. The summed E-state index contributed by atoms with van der Waals surface area (Å²) in [5.41, 5.74) is 4.46. The van der Waals surface area contributed by atoms with Crippen LogP contribution in [0.4, 0.5) is 5.69 Å². The number of rotatable bonds is 5. The highest BCUT2D eigenvalue weighted by molar-refractivity contribution is 6.42. The van der Waals surface area contributed by atoms with E-state index in [9.17, 15) is 4.79 Å². The van der Waals surface area contributed by atoms with Crippen molar-refractivity contribution in [1.29, 1.82) is 0 Å². The number of hydrogen-bond acceptors (Lipinski definition) is 2. The Morgan fingerprint density at radius 1 is 1.14 bits per heavy atom. The van der Waals surface area contributed by atoms with E-state index in [0.29, 0.717) is 16.0 Å². The number of hydrogen-bond donors (Lipinski definition) is 1. The summed E-state index contributed by atoms with van der Waals surface area (Å²) in [6, 6.07) is 12.0. The second-order valence-corrected chi connectivity index (χ2v) is 8.80. The third-order valence-electron chi connectivity index (χ3n) is 5.52. The molecule has 0 saturated carbocycles. The van der Waals surface area contributed by atoms with Crippen molar-refractivity contribution in [2.45, 2.75) is 46.1 Å².